The third-order valence-electron chi connectivity index (χ3n) is 1.92. The van der Waals surface area contributed by atoms with Crippen molar-refractivity contribution in [3.05, 3.63) is 29.3 Å². The van der Waals surface area contributed by atoms with E-state index in [1.54, 1.807) is 0 Å². The molecule has 1 aromatic rings. The predicted molar refractivity (Wildman–Crippen MR) is 51.3 cm³/mol. The summed E-state index contributed by atoms with van der Waals surface area (Å²) in [5, 5.41) is 8.56. The molecule has 8 heteroatoms. The van der Waals surface area contributed by atoms with Gasteiger partial charge in [-0.2, -0.15) is 0 Å². The van der Waals surface area contributed by atoms with Crippen molar-refractivity contribution < 1.29 is 31.5 Å². The maximum Gasteiger partial charge on any atom is 0.335 e. The second-order valence-electron chi connectivity index (χ2n) is 3.08. The van der Waals surface area contributed by atoms with Gasteiger partial charge >= 0.3 is 5.97 Å². The van der Waals surface area contributed by atoms with Crippen LogP contribution < -0.4 is 0 Å². The first-order chi connectivity index (χ1) is 7.79. The summed E-state index contributed by atoms with van der Waals surface area (Å²) < 4.78 is 60.8. The van der Waals surface area contributed by atoms with E-state index in [0.717, 1.165) is 0 Å². The number of carboxylic acid groups (broad SMARTS) is 1. The van der Waals surface area contributed by atoms with Crippen molar-refractivity contribution in [1.29, 1.82) is 0 Å². The van der Waals surface area contributed by atoms with E-state index in [4.69, 9.17) is 5.11 Å². The van der Waals surface area contributed by atoms with Gasteiger partial charge in [0.25, 0.3) is 0 Å². The average Bonchev–Trinajstić information content (AvgIpc) is 2.21. The summed E-state index contributed by atoms with van der Waals surface area (Å²) >= 11 is 0. The Morgan fingerprint density at radius 2 is 1.88 bits per heavy atom. The molecule has 0 aliphatic rings. The van der Waals surface area contributed by atoms with E-state index >= 15 is 0 Å². The number of alkyl halides is 1. The Kier molecular flexibility index (Phi) is 3.76. The number of hydrogen-bond acceptors (Lipinski definition) is 3. The summed E-state index contributed by atoms with van der Waals surface area (Å²) in [6, 6.07) is 0.817. The number of benzene rings is 1. The Balaban J connectivity index is 3.48. The molecule has 94 valence electrons. The highest BCUT2D eigenvalue weighted by Gasteiger charge is 2.24. The van der Waals surface area contributed by atoms with Crippen LogP contribution in [-0.2, 0) is 9.84 Å². The first-order valence-electron chi connectivity index (χ1n) is 4.30. The standard InChI is InChI=1S/C9H7F3O4S/c10-1-2-17(15,16)7-4-5(9(13)14)3-6(11)8(7)12/h3-4H,1-2H2,(H,13,14). The van der Waals surface area contributed by atoms with Gasteiger partial charge in [0, 0.05) is 0 Å². The van der Waals surface area contributed by atoms with Crippen molar-refractivity contribution in [1.82, 2.24) is 0 Å². The fraction of sp³-hybridized carbons (Fsp3) is 0.222. The lowest BCUT2D eigenvalue weighted by molar-refractivity contribution is 0.0696. The zero-order valence-electron chi connectivity index (χ0n) is 8.28. The zero-order chi connectivity index (χ0) is 13.2. The van der Waals surface area contributed by atoms with Gasteiger partial charge < -0.3 is 5.11 Å². The summed E-state index contributed by atoms with van der Waals surface area (Å²) in [5.74, 6) is -5.96. The molecule has 0 saturated carbocycles. The minimum Gasteiger partial charge on any atom is -0.478 e. The second kappa shape index (κ2) is 4.74. The van der Waals surface area contributed by atoms with E-state index in [0.29, 0.717) is 12.1 Å². The van der Waals surface area contributed by atoms with E-state index in [9.17, 15) is 26.4 Å². The van der Waals surface area contributed by atoms with Crippen LogP contribution in [0.5, 0.6) is 0 Å². The largest absolute Gasteiger partial charge is 0.478 e. The molecule has 0 bridgehead atoms. The summed E-state index contributed by atoms with van der Waals surface area (Å²) in [6.45, 7) is -1.28. The van der Waals surface area contributed by atoms with Crippen molar-refractivity contribution in [2.24, 2.45) is 0 Å². The molecule has 0 aliphatic heterocycles. The summed E-state index contributed by atoms with van der Waals surface area (Å²) in [4.78, 5) is 9.40. The highest BCUT2D eigenvalue weighted by atomic mass is 32.2. The molecule has 1 rings (SSSR count). The Morgan fingerprint density at radius 3 is 2.35 bits per heavy atom. The molecule has 4 nitrogen and oxygen atoms in total. The van der Waals surface area contributed by atoms with E-state index in [1.165, 1.54) is 0 Å². The van der Waals surface area contributed by atoms with E-state index in [-0.39, 0.29) is 0 Å². The number of carbonyl (C=O) groups is 1. The van der Waals surface area contributed by atoms with Crippen LogP contribution in [0.25, 0.3) is 0 Å². The van der Waals surface area contributed by atoms with Crippen LogP contribution in [0.4, 0.5) is 13.2 Å². The first-order valence-corrected chi connectivity index (χ1v) is 5.96. The molecular weight excluding hydrogens is 261 g/mol. The van der Waals surface area contributed by atoms with Gasteiger partial charge in [-0.25, -0.2) is 26.4 Å². The molecule has 0 radical (unpaired) electrons. The fourth-order valence-electron chi connectivity index (χ4n) is 1.13. The topological polar surface area (TPSA) is 71.4 Å². The van der Waals surface area contributed by atoms with Gasteiger partial charge in [0.15, 0.2) is 21.5 Å². The Morgan fingerprint density at radius 1 is 1.29 bits per heavy atom. The highest BCUT2D eigenvalue weighted by molar-refractivity contribution is 7.91. The molecule has 1 aromatic carbocycles. The lowest BCUT2D eigenvalue weighted by atomic mass is 10.2. The second-order valence-corrected chi connectivity index (χ2v) is 5.16. The Hall–Kier alpha value is -1.57. The van der Waals surface area contributed by atoms with Crippen LogP contribution in [0, 0.1) is 11.6 Å². The third-order valence-corrected chi connectivity index (χ3v) is 3.58. The van der Waals surface area contributed by atoms with Gasteiger partial charge in [0.05, 0.1) is 11.3 Å². The van der Waals surface area contributed by atoms with Gasteiger partial charge in [0.1, 0.15) is 11.6 Å². The van der Waals surface area contributed by atoms with Crippen molar-refractivity contribution >= 4 is 15.8 Å². The van der Waals surface area contributed by atoms with Gasteiger partial charge in [-0.05, 0) is 12.1 Å². The molecule has 0 fully saturated rings. The van der Waals surface area contributed by atoms with Crippen LogP contribution in [0.15, 0.2) is 17.0 Å². The van der Waals surface area contributed by atoms with E-state index in [2.05, 4.69) is 0 Å². The number of halogens is 3. The van der Waals surface area contributed by atoms with Crippen LogP contribution >= 0.6 is 0 Å². The molecule has 0 amide bonds. The number of aromatic carboxylic acids is 1. The SMILES string of the molecule is O=C(O)c1cc(F)c(F)c(S(=O)(=O)CCF)c1. The lowest BCUT2D eigenvalue weighted by Gasteiger charge is -2.05. The molecule has 0 saturated heterocycles. The third kappa shape index (κ3) is 2.76. The minimum atomic E-state index is -4.37. The van der Waals surface area contributed by atoms with Crippen LogP contribution in [0.2, 0.25) is 0 Å². The molecule has 0 atom stereocenters. The molecule has 0 aliphatic carbocycles. The number of hydrogen-bond donors (Lipinski definition) is 1. The summed E-state index contributed by atoms with van der Waals surface area (Å²) in [5.41, 5.74) is -0.721. The molecule has 0 spiro atoms. The smallest absolute Gasteiger partial charge is 0.335 e. The normalized spacial score (nSPS) is 11.5. The van der Waals surface area contributed by atoms with E-state index < -0.39 is 50.3 Å². The fourth-order valence-corrected chi connectivity index (χ4v) is 2.23. The minimum absolute atomic E-state index is 0.353. The predicted octanol–water partition coefficient (Wildman–Crippen LogP) is 1.41. The van der Waals surface area contributed by atoms with Crippen LogP contribution in [-0.4, -0.2) is 31.9 Å². The number of rotatable bonds is 4. The van der Waals surface area contributed by atoms with Crippen molar-refractivity contribution in [2.45, 2.75) is 4.90 Å². The van der Waals surface area contributed by atoms with E-state index in [1.807, 2.05) is 0 Å². The molecule has 0 aromatic heterocycles. The van der Waals surface area contributed by atoms with Crippen molar-refractivity contribution in [3.8, 4) is 0 Å². The molecule has 0 heterocycles. The van der Waals surface area contributed by atoms with Crippen LogP contribution in [0.1, 0.15) is 10.4 Å². The lowest BCUT2D eigenvalue weighted by Crippen LogP contribution is -2.13. The molecule has 17 heavy (non-hydrogen) atoms. The molecule has 0 unspecified atom stereocenters. The van der Waals surface area contributed by atoms with Gasteiger partial charge in [-0.3, -0.25) is 0 Å². The highest BCUT2D eigenvalue weighted by Crippen LogP contribution is 2.21. The van der Waals surface area contributed by atoms with Crippen molar-refractivity contribution in [3.63, 3.8) is 0 Å². The maximum absolute atomic E-state index is 13.2. The zero-order valence-corrected chi connectivity index (χ0v) is 9.10. The quantitative estimate of drug-likeness (QED) is 0.896. The van der Waals surface area contributed by atoms with Gasteiger partial charge in [-0.1, -0.05) is 0 Å². The monoisotopic (exact) mass is 268 g/mol. The van der Waals surface area contributed by atoms with Crippen molar-refractivity contribution in [2.75, 3.05) is 12.4 Å². The number of sulfone groups is 1. The number of carboxylic acids is 1. The Labute approximate surface area is 94.6 Å². The van der Waals surface area contributed by atoms with Gasteiger partial charge in [-0.15, -0.1) is 0 Å². The van der Waals surface area contributed by atoms with Gasteiger partial charge in [0.2, 0.25) is 0 Å². The molecular formula is C9H7F3O4S. The Bertz CT molecular complexity index is 554. The average molecular weight is 268 g/mol. The van der Waals surface area contributed by atoms with Crippen LogP contribution in [0.3, 0.4) is 0 Å². The first kappa shape index (κ1) is 13.5. The molecule has 1 N–H and O–H groups in total. The summed E-state index contributed by atoms with van der Waals surface area (Å²) in [6.07, 6.45) is 0. The summed E-state index contributed by atoms with van der Waals surface area (Å²) in [7, 11) is -4.37. The maximum atomic E-state index is 13.2.